The van der Waals surface area contributed by atoms with Gasteiger partial charge in [-0.15, -0.1) is 0 Å². The Kier molecular flexibility index (Phi) is 5.22. The standard InChI is InChI=1S/C16H16ClFN2O2/c1-10-7-14(15(22-2)8-13(10)17)20-16(21)19-9-11-3-5-12(18)6-4-11/h3-8H,9H2,1-2H3,(H2,19,20,21). The molecule has 6 heteroatoms. The zero-order chi connectivity index (χ0) is 16.1. The summed E-state index contributed by atoms with van der Waals surface area (Å²) in [4.78, 5) is 11.9. The van der Waals surface area contributed by atoms with E-state index >= 15 is 0 Å². The van der Waals surface area contributed by atoms with E-state index in [9.17, 15) is 9.18 Å². The normalized spacial score (nSPS) is 10.2. The summed E-state index contributed by atoms with van der Waals surface area (Å²) in [5.41, 5.74) is 2.16. The van der Waals surface area contributed by atoms with Crippen LogP contribution in [0.5, 0.6) is 5.75 Å². The van der Waals surface area contributed by atoms with Gasteiger partial charge in [0.05, 0.1) is 12.8 Å². The molecule has 0 radical (unpaired) electrons. The predicted molar refractivity (Wildman–Crippen MR) is 85.0 cm³/mol. The fourth-order valence-corrected chi connectivity index (χ4v) is 2.03. The summed E-state index contributed by atoms with van der Waals surface area (Å²) < 4.78 is 18.0. The van der Waals surface area contributed by atoms with Crippen LogP contribution in [0.15, 0.2) is 36.4 Å². The summed E-state index contributed by atoms with van der Waals surface area (Å²) in [6.45, 7) is 2.13. The van der Waals surface area contributed by atoms with Gasteiger partial charge in [0.25, 0.3) is 0 Å². The van der Waals surface area contributed by atoms with Gasteiger partial charge in [-0.2, -0.15) is 0 Å². The quantitative estimate of drug-likeness (QED) is 0.889. The number of halogens is 2. The molecule has 0 saturated heterocycles. The Morgan fingerprint density at radius 3 is 2.59 bits per heavy atom. The summed E-state index contributed by atoms with van der Waals surface area (Å²) in [5, 5.41) is 5.96. The molecule has 2 aromatic rings. The Morgan fingerprint density at radius 2 is 1.95 bits per heavy atom. The Hall–Kier alpha value is -2.27. The van der Waals surface area contributed by atoms with Crippen molar-refractivity contribution in [3.8, 4) is 5.75 Å². The SMILES string of the molecule is COc1cc(Cl)c(C)cc1NC(=O)NCc1ccc(F)cc1. The van der Waals surface area contributed by atoms with Crippen molar-refractivity contribution >= 4 is 23.3 Å². The van der Waals surface area contributed by atoms with E-state index in [0.717, 1.165) is 11.1 Å². The molecule has 0 atom stereocenters. The third-order valence-electron chi connectivity index (χ3n) is 3.10. The van der Waals surface area contributed by atoms with Gasteiger partial charge in [-0.25, -0.2) is 9.18 Å². The van der Waals surface area contributed by atoms with E-state index in [2.05, 4.69) is 10.6 Å². The molecule has 2 N–H and O–H groups in total. The molecular formula is C16H16ClFN2O2. The van der Waals surface area contributed by atoms with Crippen LogP contribution < -0.4 is 15.4 Å². The van der Waals surface area contributed by atoms with Gasteiger partial charge in [-0.1, -0.05) is 23.7 Å². The lowest BCUT2D eigenvalue weighted by Gasteiger charge is -2.13. The zero-order valence-electron chi connectivity index (χ0n) is 12.2. The first-order valence-corrected chi connectivity index (χ1v) is 7.01. The average Bonchev–Trinajstić information content (AvgIpc) is 2.50. The molecule has 22 heavy (non-hydrogen) atoms. The lowest BCUT2D eigenvalue weighted by Crippen LogP contribution is -2.28. The molecule has 2 aromatic carbocycles. The maximum atomic E-state index is 12.8. The van der Waals surface area contributed by atoms with Crippen LogP contribution in [0.2, 0.25) is 5.02 Å². The van der Waals surface area contributed by atoms with Gasteiger partial charge in [0, 0.05) is 17.6 Å². The number of carbonyl (C=O) groups is 1. The van der Waals surface area contributed by atoms with Crippen molar-refractivity contribution in [3.05, 3.63) is 58.4 Å². The number of nitrogens with one attached hydrogen (secondary N) is 2. The fourth-order valence-electron chi connectivity index (χ4n) is 1.88. The van der Waals surface area contributed by atoms with Crippen LogP contribution in [-0.4, -0.2) is 13.1 Å². The highest BCUT2D eigenvalue weighted by molar-refractivity contribution is 6.31. The largest absolute Gasteiger partial charge is 0.495 e. The van der Waals surface area contributed by atoms with Crippen LogP contribution in [0, 0.1) is 12.7 Å². The molecule has 0 spiro atoms. The van der Waals surface area contributed by atoms with E-state index in [-0.39, 0.29) is 11.8 Å². The van der Waals surface area contributed by atoms with Gasteiger partial charge < -0.3 is 15.4 Å². The van der Waals surface area contributed by atoms with E-state index in [4.69, 9.17) is 16.3 Å². The van der Waals surface area contributed by atoms with Crippen molar-refractivity contribution in [1.82, 2.24) is 5.32 Å². The van der Waals surface area contributed by atoms with Gasteiger partial charge >= 0.3 is 6.03 Å². The van der Waals surface area contributed by atoms with Crippen molar-refractivity contribution in [2.75, 3.05) is 12.4 Å². The van der Waals surface area contributed by atoms with Crippen LogP contribution >= 0.6 is 11.6 Å². The lowest BCUT2D eigenvalue weighted by atomic mass is 10.2. The van der Waals surface area contributed by atoms with E-state index in [1.54, 1.807) is 24.3 Å². The maximum Gasteiger partial charge on any atom is 0.319 e. The first kappa shape index (κ1) is 16.1. The molecule has 0 aliphatic carbocycles. The summed E-state index contributed by atoms with van der Waals surface area (Å²) >= 11 is 6.02. The van der Waals surface area contributed by atoms with Gasteiger partial charge in [0.1, 0.15) is 11.6 Å². The second-order valence-electron chi connectivity index (χ2n) is 4.74. The number of urea groups is 1. The maximum absolute atomic E-state index is 12.8. The molecule has 0 heterocycles. The summed E-state index contributed by atoms with van der Waals surface area (Å²) in [6, 6.07) is 8.92. The molecule has 0 aliphatic heterocycles. The highest BCUT2D eigenvalue weighted by Gasteiger charge is 2.10. The second kappa shape index (κ2) is 7.13. The number of methoxy groups -OCH3 is 1. The summed E-state index contributed by atoms with van der Waals surface area (Å²) in [7, 11) is 1.50. The Labute approximate surface area is 133 Å². The Balaban J connectivity index is 2.00. The molecule has 0 fully saturated rings. The van der Waals surface area contributed by atoms with Crippen LogP contribution in [0.4, 0.5) is 14.9 Å². The molecule has 2 amide bonds. The van der Waals surface area contributed by atoms with Crippen molar-refractivity contribution in [1.29, 1.82) is 0 Å². The third-order valence-corrected chi connectivity index (χ3v) is 3.50. The molecule has 0 bridgehead atoms. The van der Waals surface area contributed by atoms with E-state index in [1.807, 2.05) is 6.92 Å². The predicted octanol–water partition coefficient (Wildman–Crippen LogP) is 4.12. The second-order valence-corrected chi connectivity index (χ2v) is 5.14. The van der Waals surface area contributed by atoms with E-state index < -0.39 is 0 Å². The highest BCUT2D eigenvalue weighted by atomic mass is 35.5. The van der Waals surface area contributed by atoms with Gasteiger partial charge in [0.15, 0.2) is 0 Å². The lowest BCUT2D eigenvalue weighted by molar-refractivity contribution is 0.251. The number of hydrogen-bond acceptors (Lipinski definition) is 2. The Bertz CT molecular complexity index is 675. The van der Waals surface area contributed by atoms with Crippen LogP contribution in [0.25, 0.3) is 0 Å². The molecule has 2 rings (SSSR count). The summed E-state index contributed by atoms with van der Waals surface area (Å²) in [6.07, 6.45) is 0. The minimum Gasteiger partial charge on any atom is -0.495 e. The third kappa shape index (κ3) is 4.11. The average molecular weight is 323 g/mol. The molecule has 116 valence electrons. The van der Waals surface area contributed by atoms with Crippen molar-refractivity contribution < 1.29 is 13.9 Å². The zero-order valence-corrected chi connectivity index (χ0v) is 13.0. The Morgan fingerprint density at radius 1 is 1.27 bits per heavy atom. The van der Waals surface area contributed by atoms with Gasteiger partial charge in [0.2, 0.25) is 0 Å². The van der Waals surface area contributed by atoms with Crippen molar-refractivity contribution in [3.63, 3.8) is 0 Å². The smallest absolute Gasteiger partial charge is 0.319 e. The number of hydrogen-bond donors (Lipinski definition) is 2. The first-order valence-electron chi connectivity index (χ1n) is 6.63. The van der Waals surface area contributed by atoms with Gasteiger partial charge in [-0.3, -0.25) is 0 Å². The number of anilines is 1. The topological polar surface area (TPSA) is 50.4 Å². The number of ether oxygens (including phenoxy) is 1. The minimum absolute atomic E-state index is 0.293. The van der Waals surface area contributed by atoms with Crippen LogP contribution in [0.1, 0.15) is 11.1 Å². The minimum atomic E-state index is -0.385. The number of amides is 2. The van der Waals surface area contributed by atoms with Gasteiger partial charge in [-0.05, 0) is 36.2 Å². The number of benzene rings is 2. The molecule has 0 unspecified atom stereocenters. The van der Waals surface area contributed by atoms with Crippen LogP contribution in [-0.2, 0) is 6.54 Å². The number of carbonyl (C=O) groups excluding carboxylic acids is 1. The number of rotatable bonds is 4. The first-order chi connectivity index (χ1) is 10.5. The van der Waals surface area contributed by atoms with Crippen LogP contribution in [0.3, 0.4) is 0 Å². The molecular weight excluding hydrogens is 307 g/mol. The van der Waals surface area contributed by atoms with Crippen molar-refractivity contribution in [2.24, 2.45) is 0 Å². The fraction of sp³-hybridized carbons (Fsp3) is 0.188. The van der Waals surface area contributed by atoms with E-state index in [1.165, 1.54) is 19.2 Å². The molecule has 0 saturated carbocycles. The molecule has 4 nitrogen and oxygen atoms in total. The number of aryl methyl sites for hydroxylation is 1. The van der Waals surface area contributed by atoms with E-state index in [0.29, 0.717) is 23.0 Å². The monoisotopic (exact) mass is 322 g/mol. The van der Waals surface area contributed by atoms with Crippen molar-refractivity contribution in [2.45, 2.75) is 13.5 Å². The summed E-state index contributed by atoms with van der Waals surface area (Å²) in [5.74, 6) is 0.169. The molecule has 0 aliphatic rings. The molecule has 0 aromatic heterocycles. The highest BCUT2D eigenvalue weighted by Crippen LogP contribution is 2.30.